The Labute approximate surface area is 137 Å². The van der Waals surface area contributed by atoms with Gasteiger partial charge in [-0.2, -0.15) is 0 Å². The third kappa shape index (κ3) is 3.39. The number of primary amides is 1. The van der Waals surface area contributed by atoms with E-state index in [2.05, 4.69) is 29.2 Å². The van der Waals surface area contributed by atoms with E-state index in [1.54, 1.807) is 0 Å². The summed E-state index contributed by atoms with van der Waals surface area (Å²) in [5.41, 5.74) is 8.08. The molecule has 3 rings (SSSR count). The number of carbonyl (C=O) groups excluding carboxylic acids is 2. The van der Waals surface area contributed by atoms with Crippen molar-refractivity contribution in [3.05, 3.63) is 35.4 Å². The Kier molecular flexibility index (Phi) is 4.66. The Hall–Kier alpha value is -1.88. The van der Waals surface area contributed by atoms with E-state index >= 15 is 0 Å². The van der Waals surface area contributed by atoms with Crippen molar-refractivity contribution in [3.8, 4) is 0 Å². The number of hydrogen-bond donors (Lipinski definition) is 1. The molecular formula is C18H25N3O2. The van der Waals surface area contributed by atoms with Crippen LogP contribution in [-0.4, -0.2) is 47.3 Å². The van der Waals surface area contributed by atoms with Crippen molar-refractivity contribution in [2.75, 3.05) is 19.6 Å². The van der Waals surface area contributed by atoms with Gasteiger partial charge in [0.25, 0.3) is 0 Å². The number of hydrogen-bond acceptors (Lipinski definition) is 3. The first-order valence-electron chi connectivity index (χ1n) is 8.45. The number of carbonyl (C=O) groups is 2. The van der Waals surface area contributed by atoms with Gasteiger partial charge < -0.3 is 10.6 Å². The molecule has 0 bridgehead atoms. The summed E-state index contributed by atoms with van der Waals surface area (Å²) >= 11 is 0. The van der Waals surface area contributed by atoms with E-state index in [1.807, 2.05) is 11.8 Å². The van der Waals surface area contributed by atoms with Crippen LogP contribution in [0.3, 0.4) is 0 Å². The van der Waals surface area contributed by atoms with E-state index in [-0.39, 0.29) is 23.8 Å². The molecule has 1 atom stereocenters. The Bertz CT molecular complexity index is 594. The van der Waals surface area contributed by atoms with Crippen molar-refractivity contribution in [2.24, 2.45) is 11.7 Å². The van der Waals surface area contributed by atoms with E-state index in [9.17, 15) is 9.59 Å². The highest BCUT2D eigenvalue weighted by molar-refractivity contribution is 5.82. The predicted octanol–water partition coefficient (Wildman–Crippen LogP) is 1.16. The minimum Gasteiger partial charge on any atom is -0.369 e. The lowest BCUT2D eigenvalue weighted by Crippen LogP contribution is -2.51. The lowest BCUT2D eigenvalue weighted by atomic mass is 9.95. The van der Waals surface area contributed by atoms with Crippen LogP contribution in [0.15, 0.2) is 24.3 Å². The number of likely N-dealkylation sites (tertiary alicyclic amines) is 1. The van der Waals surface area contributed by atoms with Crippen molar-refractivity contribution >= 4 is 11.8 Å². The predicted molar refractivity (Wildman–Crippen MR) is 88.5 cm³/mol. The zero-order valence-electron chi connectivity index (χ0n) is 13.7. The van der Waals surface area contributed by atoms with Crippen LogP contribution < -0.4 is 5.73 Å². The topological polar surface area (TPSA) is 66.6 Å². The summed E-state index contributed by atoms with van der Waals surface area (Å²) in [5.74, 6) is -0.138. The maximum absolute atomic E-state index is 12.8. The number of piperidine rings is 1. The molecule has 2 heterocycles. The third-order valence-electron chi connectivity index (χ3n) is 5.27. The Balaban J connectivity index is 1.59. The van der Waals surface area contributed by atoms with Gasteiger partial charge in [0.1, 0.15) is 0 Å². The molecule has 23 heavy (non-hydrogen) atoms. The van der Waals surface area contributed by atoms with Crippen molar-refractivity contribution in [2.45, 2.75) is 38.8 Å². The average Bonchev–Trinajstić information content (AvgIpc) is 2.60. The second-order valence-corrected chi connectivity index (χ2v) is 6.67. The van der Waals surface area contributed by atoms with Gasteiger partial charge in [0, 0.05) is 32.1 Å². The van der Waals surface area contributed by atoms with E-state index in [0.29, 0.717) is 25.9 Å². The molecule has 1 saturated heterocycles. The number of amides is 2. The van der Waals surface area contributed by atoms with E-state index in [4.69, 9.17) is 5.73 Å². The first kappa shape index (κ1) is 16.0. The SMILES string of the molecule is C[C@@H](C(=O)N1CCC(C(N)=O)CC1)N1CCc2ccccc2C1. The molecule has 0 saturated carbocycles. The summed E-state index contributed by atoms with van der Waals surface area (Å²) in [4.78, 5) is 28.1. The van der Waals surface area contributed by atoms with Crippen LogP contribution >= 0.6 is 0 Å². The first-order chi connectivity index (χ1) is 11.1. The number of nitrogens with zero attached hydrogens (tertiary/aromatic N) is 2. The quantitative estimate of drug-likeness (QED) is 0.910. The van der Waals surface area contributed by atoms with Crippen LogP contribution in [0.2, 0.25) is 0 Å². The molecule has 1 fully saturated rings. The average molecular weight is 315 g/mol. The van der Waals surface area contributed by atoms with Gasteiger partial charge in [-0.3, -0.25) is 14.5 Å². The van der Waals surface area contributed by atoms with Crippen LogP contribution in [0, 0.1) is 5.92 Å². The number of nitrogens with two attached hydrogens (primary N) is 1. The highest BCUT2D eigenvalue weighted by Gasteiger charge is 2.31. The second-order valence-electron chi connectivity index (χ2n) is 6.67. The summed E-state index contributed by atoms with van der Waals surface area (Å²) in [6.45, 7) is 5.03. The fourth-order valence-electron chi connectivity index (χ4n) is 3.65. The standard InChI is InChI=1S/C18H25N3O2/c1-13(18(23)20-9-7-15(8-10-20)17(19)22)21-11-6-14-4-2-3-5-16(14)12-21/h2-5,13,15H,6-12H2,1H3,(H2,19,22)/t13-/m0/s1. The molecule has 1 aromatic carbocycles. The molecule has 0 radical (unpaired) electrons. The molecule has 1 aromatic rings. The zero-order chi connectivity index (χ0) is 16.4. The summed E-state index contributed by atoms with van der Waals surface area (Å²) in [7, 11) is 0. The zero-order valence-corrected chi connectivity index (χ0v) is 13.7. The van der Waals surface area contributed by atoms with Crippen molar-refractivity contribution in [1.82, 2.24) is 9.80 Å². The van der Waals surface area contributed by atoms with E-state index in [1.165, 1.54) is 11.1 Å². The van der Waals surface area contributed by atoms with Gasteiger partial charge in [0.2, 0.25) is 11.8 Å². The Morgan fingerprint density at radius 1 is 1.13 bits per heavy atom. The maximum atomic E-state index is 12.8. The molecule has 2 N–H and O–H groups in total. The molecule has 2 amide bonds. The summed E-state index contributed by atoms with van der Waals surface area (Å²) in [6.07, 6.45) is 2.38. The largest absolute Gasteiger partial charge is 0.369 e. The highest BCUT2D eigenvalue weighted by Crippen LogP contribution is 2.23. The Morgan fingerprint density at radius 3 is 2.43 bits per heavy atom. The van der Waals surface area contributed by atoms with Crippen LogP contribution in [0.1, 0.15) is 30.9 Å². The van der Waals surface area contributed by atoms with Crippen LogP contribution in [0.5, 0.6) is 0 Å². The lowest BCUT2D eigenvalue weighted by Gasteiger charge is -2.37. The normalized spacial score (nSPS) is 20.8. The lowest BCUT2D eigenvalue weighted by molar-refractivity contribution is -0.139. The van der Waals surface area contributed by atoms with Gasteiger partial charge in [0.05, 0.1) is 6.04 Å². The van der Waals surface area contributed by atoms with Crippen molar-refractivity contribution in [1.29, 1.82) is 0 Å². The highest BCUT2D eigenvalue weighted by atomic mass is 16.2. The second kappa shape index (κ2) is 6.71. The summed E-state index contributed by atoms with van der Waals surface area (Å²) in [6, 6.07) is 8.34. The first-order valence-corrected chi connectivity index (χ1v) is 8.45. The number of fused-ring (bicyclic) bond motifs is 1. The molecule has 2 aliphatic rings. The monoisotopic (exact) mass is 315 g/mol. The van der Waals surface area contributed by atoms with Crippen molar-refractivity contribution < 1.29 is 9.59 Å². The van der Waals surface area contributed by atoms with Gasteiger partial charge in [-0.1, -0.05) is 24.3 Å². The summed E-state index contributed by atoms with van der Waals surface area (Å²) in [5, 5.41) is 0. The third-order valence-corrected chi connectivity index (χ3v) is 5.27. The fourth-order valence-corrected chi connectivity index (χ4v) is 3.65. The maximum Gasteiger partial charge on any atom is 0.239 e. The van der Waals surface area contributed by atoms with E-state index < -0.39 is 0 Å². The van der Waals surface area contributed by atoms with Crippen LogP contribution in [0.25, 0.3) is 0 Å². The minimum absolute atomic E-state index is 0.0729. The molecule has 5 nitrogen and oxygen atoms in total. The number of benzene rings is 1. The van der Waals surface area contributed by atoms with Crippen LogP contribution in [-0.2, 0) is 22.6 Å². The van der Waals surface area contributed by atoms with Gasteiger partial charge in [-0.05, 0) is 37.3 Å². The van der Waals surface area contributed by atoms with Gasteiger partial charge in [-0.25, -0.2) is 0 Å². The van der Waals surface area contributed by atoms with Gasteiger partial charge >= 0.3 is 0 Å². The molecule has 0 aromatic heterocycles. The van der Waals surface area contributed by atoms with Gasteiger partial charge in [0.15, 0.2) is 0 Å². The van der Waals surface area contributed by atoms with Gasteiger partial charge in [-0.15, -0.1) is 0 Å². The minimum atomic E-state index is -0.238. The fraction of sp³-hybridized carbons (Fsp3) is 0.556. The summed E-state index contributed by atoms with van der Waals surface area (Å²) < 4.78 is 0. The smallest absolute Gasteiger partial charge is 0.239 e. The van der Waals surface area contributed by atoms with E-state index in [0.717, 1.165) is 19.5 Å². The molecule has 0 aliphatic carbocycles. The molecule has 0 unspecified atom stereocenters. The Morgan fingerprint density at radius 2 is 1.78 bits per heavy atom. The molecular weight excluding hydrogens is 290 g/mol. The molecule has 124 valence electrons. The van der Waals surface area contributed by atoms with Crippen LogP contribution in [0.4, 0.5) is 0 Å². The molecule has 0 spiro atoms. The molecule has 2 aliphatic heterocycles. The molecule has 5 heteroatoms. The van der Waals surface area contributed by atoms with Crippen molar-refractivity contribution in [3.63, 3.8) is 0 Å². The number of rotatable bonds is 3.